The van der Waals surface area contributed by atoms with E-state index in [-0.39, 0.29) is 0 Å². The lowest BCUT2D eigenvalue weighted by Crippen LogP contribution is -2.19. The summed E-state index contributed by atoms with van der Waals surface area (Å²) in [5.74, 6) is 1.69. The topological polar surface area (TPSA) is 42.2 Å². The Morgan fingerprint density at radius 2 is 2.00 bits per heavy atom. The van der Waals surface area contributed by atoms with E-state index in [0.29, 0.717) is 5.02 Å². The number of aryl methyl sites for hydroxylation is 1. The third kappa shape index (κ3) is 1.75. The van der Waals surface area contributed by atoms with E-state index in [4.69, 9.17) is 16.0 Å². The minimum absolute atomic E-state index is 0.670. The Labute approximate surface area is 121 Å². The highest BCUT2D eigenvalue weighted by atomic mass is 35.5. The molecule has 2 aromatic heterocycles. The number of rotatable bonds is 1. The van der Waals surface area contributed by atoms with Crippen molar-refractivity contribution >= 4 is 39.5 Å². The van der Waals surface area contributed by atoms with Crippen LogP contribution in [0.2, 0.25) is 5.02 Å². The van der Waals surface area contributed by atoms with Crippen molar-refractivity contribution in [1.29, 1.82) is 0 Å². The molecule has 1 aliphatic heterocycles. The van der Waals surface area contributed by atoms with E-state index in [1.165, 1.54) is 12.8 Å². The number of furan rings is 1. The predicted octanol–water partition coefficient (Wildman–Crippen LogP) is 3.94. The molecule has 102 valence electrons. The number of halogens is 1. The van der Waals surface area contributed by atoms with Gasteiger partial charge in [0, 0.05) is 29.6 Å². The van der Waals surface area contributed by atoms with Crippen LogP contribution in [0.1, 0.15) is 18.7 Å². The number of anilines is 1. The number of nitrogens with zero attached hydrogens (tertiary/aromatic N) is 3. The molecule has 0 unspecified atom stereocenters. The van der Waals surface area contributed by atoms with Crippen molar-refractivity contribution in [3.8, 4) is 0 Å². The summed E-state index contributed by atoms with van der Waals surface area (Å²) in [6.45, 7) is 3.99. The minimum Gasteiger partial charge on any atom is -0.450 e. The standard InChI is InChI=1S/C15H14ClN3O/c1-9-17-13-11-5-4-10(16)8-12(11)20-14(13)15(18-9)19-6-2-3-7-19/h4-5,8H,2-3,6-7H2,1H3. The molecular weight excluding hydrogens is 274 g/mol. The molecule has 4 rings (SSSR count). The van der Waals surface area contributed by atoms with Gasteiger partial charge in [0.15, 0.2) is 11.4 Å². The summed E-state index contributed by atoms with van der Waals surface area (Å²) in [7, 11) is 0. The first-order valence-electron chi connectivity index (χ1n) is 6.84. The zero-order chi connectivity index (χ0) is 13.7. The molecule has 1 saturated heterocycles. The third-order valence-electron chi connectivity index (χ3n) is 3.78. The molecule has 1 aromatic carbocycles. The predicted molar refractivity (Wildman–Crippen MR) is 80.5 cm³/mol. The van der Waals surface area contributed by atoms with Gasteiger partial charge in [0.2, 0.25) is 0 Å². The molecule has 4 nitrogen and oxygen atoms in total. The molecule has 0 N–H and O–H groups in total. The first-order chi connectivity index (χ1) is 9.72. The summed E-state index contributed by atoms with van der Waals surface area (Å²) in [6.07, 6.45) is 2.41. The lowest BCUT2D eigenvalue weighted by Gasteiger charge is -2.16. The van der Waals surface area contributed by atoms with Crippen LogP contribution in [0, 0.1) is 6.92 Å². The van der Waals surface area contributed by atoms with Crippen LogP contribution >= 0.6 is 11.6 Å². The number of hydrogen-bond donors (Lipinski definition) is 0. The molecular formula is C15H14ClN3O. The SMILES string of the molecule is Cc1nc(N2CCCC2)c2oc3cc(Cl)ccc3c2n1. The van der Waals surface area contributed by atoms with Gasteiger partial charge in [-0.2, -0.15) is 0 Å². The van der Waals surface area contributed by atoms with Crippen molar-refractivity contribution in [1.82, 2.24) is 9.97 Å². The Bertz CT molecular complexity index is 806. The van der Waals surface area contributed by atoms with Crippen molar-refractivity contribution in [3.05, 3.63) is 29.0 Å². The van der Waals surface area contributed by atoms with E-state index in [0.717, 1.165) is 46.8 Å². The zero-order valence-electron chi connectivity index (χ0n) is 11.2. The summed E-state index contributed by atoms with van der Waals surface area (Å²) in [5, 5.41) is 1.67. The van der Waals surface area contributed by atoms with Gasteiger partial charge in [0.05, 0.1) is 0 Å². The van der Waals surface area contributed by atoms with Crippen LogP contribution in [-0.4, -0.2) is 23.1 Å². The Kier molecular flexibility index (Phi) is 2.60. The molecule has 0 aliphatic carbocycles. The highest BCUT2D eigenvalue weighted by molar-refractivity contribution is 6.31. The smallest absolute Gasteiger partial charge is 0.196 e. The lowest BCUT2D eigenvalue weighted by molar-refractivity contribution is 0.662. The highest BCUT2D eigenvalue weighted by Gasteiger charge is 2.21. The van der Waals surface area contributed by atoms with Crippen molar-refractivity contribution < 1.29 is 4.42 Å². The van der Waals surface area contributed by atoms with E-state index in [1.807, 2.05) is 25.1 Å². The summed E-state index contributed by atoms with van der Waals surface area (Å²) >= 11 is 6.04. The van der Waals surface area contributed by atoms with Crippen molar-refractivity contribution in [2.45, 2.75) is 19.8 Å². The summed E-state index contributed by atoms with van der Waals surface area (Å²) in [6, 6.07) is 5.66. The van der Waals surface area contributed by atoms with Crippen LogP contribution in [0.3, 0.4) is 0 Å². The monoisotopic (exact) mass is 287 g/mol. The molecule has 0 spiro atoms. The molecule has 1 aliphatic rings. The molecule has 0 radical (unpaired) electrons. The number of fused-ring (bicyclic) bond motifs is 3. The normalized spacial score (nSPS) is 15.6. The zero-order valence-corrected chi connectivity index (χ0v) is 11.9. The average Bonchev–Trinajstić information content (AvgIpc) is 3.04. The van der Waals surface area contributed by atoms with Gasteiger partial charge >= 0.3 is 0 Å². The average molecular weight is 288 g/mol. The van der Waals surface area contributed by atoms with Gasteiger partial charge < -0.3 is 9.32 Å². The van der Waals surface area contributed by atoms with Crippen molar-refractivity contribution in [3.63, 3.8) is 0 Å². The van der Waals surface area contributed by atoms with Crippen molar-refractivity contribution in [2.75, 3.05) is 18.0 Å². The molecule has 3 aromatic rings. The second-order valence-corrected chi connectivity index (χ2v) is 5.65. The summed E-state index contributed by atoms with van der Waals surface area (Å²) in [4.78, 5) is 11.4. The van der Waals surface area contributed by atoms with Crippen LogP contribution in [0.5, 0.6) is 0 Å². The van der Waals surface area contributed by atoms with Gasteiger partial charge in [-0.3, -0.25) is 0 Å². The number of hydrogen-bond acceptors (Lipinski definition) is 4. The fraction of sp³-hybridized carbons (Fsp3) is 0.333. The van der Waals surface area contributed by atoms with Gasteiger partial charge in [-0.05, 0) is 31.9 Å². The van der Waals surface area contributed by atoms with E-state index >= 15 is 0 Å². The number of benzene rings is 1. The minimum atomic E-state index is 0.670. The molecule has 1 fully saturated rings. The van der Waals surface area contributed by atoms with Crippen LogP contribution in [0.15, 0.2) is 22.6 Å². The van der Waals surface area contributed by atoms with E-state index < -0.39 is 0 Å². The van der Waals surface area contributed by atoms with Gasteiger partial charge in [-0.25, -0.2) is 9.97 Å². The highest BCUT2D eigenvalue weighted by Crippen LogP contribution is 2.35. The van der Waals surface area contributed by atoms with Gasteiger partial charge in [-0.1, -0.05) is 11.6 Å². The Morgan fingerprint density at radius 1 is 1.20 bits per heavy atom. The lowest BCUT2D eigenvalue weighted by atomic mass is 10.2. The first-order valence-corrected chi connectivity index (χ1v) is 7.21. The summed E-state index contributed by atoms with van der Waals surface area (Å²) < 4.78 is 5.98. The Hall–Kier alpha value is -1.81. The number of aromatic nitrogens is 2. The molecule has 0 atom stereocenters. The Morgan fingerprint density at radius 3 is 2.80 bits per heavy atom. The summed E-state index contributed by atoms with van der Waals surface area (Å²) in [5.41, 5.74) is 2.42. The molecule has 0 bridgehead atoms. The van der Waals surface area contributed by atoms with Crippen LogP contribution in [0.25, 0.3) is 22.1 Å². The van der Waals surface area contributed by atoms with Gasteiger partial charge in [0.25, 0.3) is 0 Å². The second-order valence-electron chi connectivity index (χ2n) is 5.21. The maximum absolute atomic E-state index is 6.04. The van der Waals surface area contributed by atoms with E-state index in [1.54, 1.807) is 0 Å². The molecule has 0 saturated carbocycles. The largest absolute Gasteiger partial charge is 0.450 e. The molecule has 3 heterocycles. The van der Waals surface area contributed by atoms with Crippen LogP contribution < -0.4 is 4.90 Å². The van der Waals surface area contributed by atoms with Crippen molar-refractivity contribution in [2.24, 2.45) is 0 Å². The molecule has 5 heteroatoms. The van der Waals surface area contributed by atoms with Crippen LogP contribution in [-0.2, 0) is 0 Å². The second kappa shape index (κ2) is 4.35. The quantitative estimate of drug-likeness (QED) is 0.680. The van der Waals surface area contributed by atoms with Gasteiger partial charge in [0.1, 0.15) is 16.9 Å². The molecule has 20 heavy (non-hydrogen) atoms. The van der Waals surface area contributed by atoms with E-state index in [2.05, 4.69) is 14.9 Å². The fourth-order valence-electron chi connectivity index (χ4n) is 2.85. The maximum Gasteiger partial charge on any atom is 0.196 e. The Balaban J connectivity index is 2.05. The maximum atomic E-state index is 6.04. The first kappa shape index (κ1) is 12.0. The van der Waals surface area contributed by atoms with Crippen LogP contribution in [0.4, 0.5) is 5.82 Å². The van der Waals surface area contributed by atoms with E-state index in [9.17, 15) is 0 Å². The third-order valence-corrected chi connectivity index (χ3v) is 4.01. The molecule has 0 amide bonds. The van der Waals surface area contributed by atoms with Gasteiger partial charge in [-0.15, -0.1) is 0 Å². The fourth-order valence-corrected chi connectivity index (χ4v) is 3.02.